The van der Waals surface area contributed by atoms with Crippen LogP contribution >= 0.6 is 0 Å². The lowest BCUT2D eigenvalue weighted by Gasteiger charge is -2.13. The number of ether oxygens (including phenoxy) is 1. The highest BCUT2D eigenvalue weighted by Gasteiger charge is 2.09. The monoisotopic (exact) mass is 270 g/mol. The van der Waals surface area contributed by atoms with E-state index >= 15 is 0 Å². The second kappa shape index (κ2) is 6.06. The van der Waals surface area contributed by atoms with Crippen molar-refractivity contribution in [3.63, 3.8) is 0 Å². The third-order valence-corrected chi connectivity index (χ3v) is 3.40. The highest BCUT2D eigenvalue weighted by atomic mass is 16.5. The van der Waals surface area contributed by atoms with Crippen molar-refractivity contribution in [3.8, 4) is 11.5 Å². The topological polar surface area (TPSA) is 48.1 Å². The van der Waals surface area contributed by atoms with Gasteiger partial charge in [-0.3, -0.25) is 4.98 Å². The molecule has 1 aromatic carbocycles. The summed E-state index contributed by atoms with van der Waals surface area (Å²) in [5.74, 6) is 2.15. The number of rotatable bonds is 4. The van der Waals surface area contributed by atoms with E-state index < -0.39 is 0 Å². The van der Waals surface area contributed by atoms with Crippen molar-refractivity contribution in [1.82, 2.24) is 4.98 Å². The Morgan fingerprint density at radius 1 is 1.15 bits per heavy atom. The lowest BCUT2D eigenvalue weighted by Crippen LogP contribution is -2.05. The Kier molecular flexibility index (Phi) is 4.40. The molecule has 0 atom stereocenters. The second-order valence-corrected chi connectivity index (χ2v) is 5.36. The van der Waals surface area contributed by atoms with E-state index in [1.807, 2.05) is 32.0 Å². The van der Waals surface area contributed by atoms with Crippen molar-refractivity contribution in [2.24, 2.45) is 5.73 Å². The smallest absolute Gasteiger partial charge is 0.135 e. The second-order valence-electron chi connectivity index (χ2n) is 5.36. The van der Waals surface area contributed by atoms with Crippen LogP contribution < -0.4 is 10.5 Å². The van der Waals surface area contributed by atoms with E-state index in [2.05, 4.69) is 31.0 Å². The maximum atomic E-state index is 5.98. The molecule has 106 valence electrons. The molecule has 0 spiro atoms. The zero-order chi connectivity index (χ0) is 14.7. The van der Waals surface area contributed by atoms with Crippen molar-refractivity contribution >= 4 is 0 Å². The van der Waals surface area contributed by atoms with Crippen LogP contribution in [0.5, 0.6) is 11.5 Å². The van der Waals surface area contributed by atoms with E-state index in [1.54, 1.807) is 0 Å². The van der Waals surface area contributed by atoms with Gasteiger partial charge >= 0.3 is 0 Å². The molecule has 0 unspecified atom stereocenters. The lowest BCUT2D eigenvalue weighted by molar-refractivity contribution is 0.473. The number of benzene rings is 1. The largest absolute Gasteiger partial charge is 0.457 e. The van der Waals surface area contributed by atoms with E-state index in [0.717, 1.165) is 28.5 Å². The number of hydrogen-bond acceptors (Lipinski definition) is 3. The Labute approximate surface area is 120 Å². The zero-order valence-electron chi connectivity index (χ0n) is 12.6. The van der Waals surface area contributed by atoms with Crippen LogP contribution in [-0.4, -0.2) is 4.98 Å². The third kappa shape index (κ3) is 3.17. The van der Waals surface area contributed by atoms with Crippen LogP contribution in [0.25, 0.3) is 0 Å². The van der Waals surface area contributed by atoms with E-state index in [4.69, 9.17) is 10.5 Å². The Balaban J connectivity index is 2.29. The summed E-state index contributed by atoms with van der Waals surface area (Å²) in [5, 5.41) is 0. The highest BCUT2D eigenvalue weighted by molar-refractivity contribution is 5.41. The summed E-state index contributed by atoms with van der Waals surface area (Å²) in [6, 6.07) is 10.1. The predicted molar refractivity (Wildman–Crippen MR) is 82.2 cm³/mol. The minimum Gasteiger partial charge on any atom is -0.457 e. The Morgan fingerprint density at radius 3 is 2.35 bits per heavy atom. The van der Waals surface area contributed by atoms with Gasteiger partial charge in [-0.05, 0) is 37.5 Å². The fourth-order valence-corrected chi connectivity index (χ4v) is 2.21. The predicted octanol–water partition coefficient (Wildman–Crippen LogP) is 4.07. The van der Waals surface area contributed by atoms with Crippen LogP contribution in [0.1, 0.15) is 42.3 Å². The standard InChI is InChI=1S/C17H22N2O/c1-11(2)14-5-7-15(8-6-14)20-17-9-12(3)19-13(4)16(17)10-18/h5-9,11H,10,18H2,1-4H3. The molecule has 0 aliphatic rings. The molecule has 0 amide bonds. The minimum atomic E-state index is 0.429. The molecule has 3 heteroatoms. The van der Waals surface area contributed by atoms with E-state index in [9.17, 15) is 0 Å². The summed E-state index contributed by atoms with van der Waals surface area (Å²) in [6.45, 7) is 8.71. The summed E-state index contributed by atoms with van der Waals surface area (Å²) in [5.41, 5.74) is 9.93. The van der Waals surface area contributed by atoms with Crippen molar-refractivity contribution in [1.29, 1.82) is 0 Å². The van der Waals surface area contributed by atoms with Crippen LogP contribution in [0.4, 0.5) is 0 Å². The minimum absolute atomic E-state index is 0.429. The van der Waals surface area contributed by atoms with Crippen molar-refractivity contribution in [3.05, 3.63) is 52.8 Å². The van der Waals surface area contributed by atoms with Gasteiger partial charge in [0, 0.05) is 29.6 Å². The van der Waals surface area contributed by atoms with E-state index in [0.29, 0.717) is 12.5 Å². The number of pyridine rings is 1. The molecule has 0 saturated carbocycles. The highest BCUT2D eigenvalue weighted by Crippen LogP contribution is 2.28. The zero-order valence-corrected chi connectivity index (χ0v) is 12.6. The molecular formula is C17H22N2O. The first kappa shape index (κ1) is 14.5. The van der Waals surface area contributed by atoms with Gasteiger partial charge in [0.25, 0.3) is 0 Å². The van der Waals surface area contributed by atoms with Gasteiger partial charge < -0.3 is 10.5 Å². The summed E-state index contributed by atoms with van der Waals surface area (Å²) in [7, 11) is 0. The molecule has 2 rings (SSSR count). The van der Waals surface area contributed by atoms with Crippen LogP contribution in [0.2, 0.25) is 0 Å². The van der Waals surface area contributed by atoms with Crippen molar-refractivity contribution in [2.75, 3.05) is 0 Å². The van der Waals surface area contributed by atoms with Gasteiger partial charge in [-0.25, -0.2) is 0 Å². The number of hydrogen-bond donors (Lipinski definition) is 1. The average molecular weight is 270 g/mol. The Hall–Kier alpha value is -1.87. The molecule has 1 aromatic heterocycles. The fraction of sp³-hybridized carbons (Fsp3) is 0.353. The van der Waals surface area contributed by atoms with Crippen LogP contribution in [0.3, 0.4) is 0 Å². The van der Waals surface area contributed by atoms with Crippen molar-refractivity contribution < 1.29 is 4.74 Å². The van der Waals surface area contributed by atoms with Crippen LogP contribution in [0.15, 0.2) is 30.3 Å². The summed E-state index contributed by atoms with van der Waals surface area (Å²) in [4.78, 5) is 4.42. The first-order chi connectivity index (χ1) is 9.51. The van der Waals surface area contributed by atoms with Gasteiger partial charge in [0.15, 0.2) is 0 Å². The molecule has 20 heavy (non-hydrogen) atoms. The van der Waals surface area contributed by atoms with Gasteiger partial charge in [-0.15, -0.1) is 0 Å². The van der Waals surface area contributed by atoms with Gasteiger partial charge in [0.2, 0.25) is 0 Å². The molecule has 0 bridgehead atoms. The SMILES string of the molecule is Cc1cc(Oc2ccc(C(C)C)cc2)c(CN)c(C)n1. The number of nitrogens with zero attached hydrogens (tertiary/aromatic N) is 1. The molecule has 3 nitrogen and oxygen atoms in total. The summed E-state index contributed by atoms with van der Waals surface area (Å²) < 4.78 is 5.98. The van der Waals surface area contributed by atoms with Crippen molar-refractivity contribution in [2.45, 2.75) is 40.2 Å². The molecule has 0 radical (unpaired) electrons. The van der Waals surface area contributed by atoms with E-state index in [-0.39, 0.29) is 0 Å². The van der Waals surface area contributed by atoms with Crippen LogP contribution in [-0.2, 0) is 6.54 Å². The fourth-order valence-electron chi connectivity index (χ4n) is 2.21. The molecule has 2 aromatic rings. The lowest BCUT2D eigenvalue weighted by atomic mass is 10.0. The summed E-state index contributed by atoms with van der Waals surface area (Å²) in [6.07, 6.45) is 0. The van der Waals surface area contributed by atoms with Gasteiger partial charge in [-0.2, -0.15) is 0 Å². The first-order valence-corrected chi connectivity index (χ1v) is 6.96. The molecular weight excluding hydrogens is 248 g/mol. The molecule has 1 heterocycles. The molecule has 0 aliphatic heterocycles. The van der Waals surface area contributed by atoms with Gasteiger partial charge in [0.1, 0.15) is 11.5 Å². The molecule has 0 fully saturated rings. The number of nitrogens with two attached hydrogens (primary N) is 1. The Morgan fingerprint density at radius 2 is 1.80 bits per heavy atom. The quantitative estimate of drug-likeness (QED) is 0.911. The van der Waals surface area contributed by atoms with Gasteiger partial charge in [0.05, 0.1) is 0 Å². The third-order valence-electron chi connectivity index (χ3n) is 3.40. The number of aromatic nitrogens is 1. The van der Waals surface area contributed by atoms with Gasteiger partial charge in [-0.1, -0.05) is 26.0 Å². The molecule has 0 saturated heterocycles. The Bertz CT molecular complexity index is 589. The average Bonchev–Trinajstić information content (AvgIpc) is 2.39. The van der Waals surface area contributed by atoms with Crippen LogP contribution in [0, 0.1) is 13.8 Å². The maximum absolute atomic E-state index is 5.98. The normalized spacial score (nSPS) is 10.9. The summed E-state index contributed by atoms with van der Waals surface area (Å²) >= 11 is 0. The maximum Gasteiger partial charge on any atom is 0.135 e. The number of aryl methyl sites for hydroxylation is 2. The molecule has 0 aliphatic carbocycles. The molecule has 2 N–H and O–H groups in total. The van der Waals surface area contributed by atoms with E-state index in [1.165, 1.54) is 5.56 Å². The first-order valence-electron chi connectivity index (χ1n) is 6.96.